The highest BCUT2D eigenvalue weighted by molar-refractivity contribution is 9.10. The Kier molecular flexibility index (Phi) is 6.81. The van der Waals surface area contributed by atoms with E-state index in [0.717, 1.165) is 6.42 Å². The smallest absolute Gasteiger partial charge is 0.0256 e. The van der Waals surface area contributed by atoms with Crippen molar-refractivity contribution in [2.45, 2.75) is 6.42 Å². The van der Waals surface area contributed by atoms with Gasteiger partial charge in [0.05, 0.1) is 0 Å². The summed E-state index contributed by atoms with van der Waals surface area (Å²) in [6.45, 7) is 0. The molecule has 0 saturated carbocycles. The van der Waals surface area contributed by atoms with Crippen LogP contribution in [0.1, 0.15) is 11.1 Å². The highest BCUT2D eigenvalue weighted by atomic mass is 79.9. The van der Waals surface area contributed by atoms with Crippen LogP contribution in [0.5, 0.6) is 0 Å². The zero-order valence-electron chi connectivity index (χ0n) is 18.2. The zero-order chi connectivity index (χ0) is 22.5. The number of benzene rings is 5. The van der Waals surface area contributed by atoms with Crippen LogP contribution < -0.4 is 15.9 Å². The van der Waals surface area contributed by atoms with Gasteiger partial charge in [-0.25, -0.2) is 0 Å². The van der Waals surface area contributed by atoms with Crippen LogP contribution in [-0.2, 0) is 6.42 Å². The summed E-state index contributed by atoms with van der Waals surface area (Å²) in [5, 5.41) is 4.19. The normalized spacial score (nSPS) is 11.3. The molecular formula is C31H24BrP. The molecule has 0 amide bonds. The Morgan fingerprint density at radius 2 is 0.909 bits per heavy atom. The fourth-order valence-electron chi connectivity index (χ4n) is 4.32. The third-order valence-electron chi connectivity index (χ3n) is 5.81. The minimum atomic E-state index is -0.446. The average molecular weight is 507 g/mol. The number of fused-ring (bicyclic) bond motifs is 3. The molecule has 0 fully saturated rings. The Balaban J connectivity index is 0.000000144. The molecule has 0 spiro atoms. The lowest BCUT2D eigenvalue weighted by molar-refractivity contribution is 1.26. The molecule has 1 aliphatic rings. The Bertz CT molecular complexity index is 1240. The van der Waals surface area contributed by atoms with Crippen molar-refractivity contribution in [1.82, 2.24) is 0 Å². The van der Waals surface area contributed by atoms with Crippen molar-refractivity contribution >= 4 is 39.8 Å². The van der Waals surface area contributed by atoms with Crippen LogP contribution in [-0.4, -0.2) is 0 Å². The molecule has 6 rings (SSSR count). The molecule has 0 aromatic heterocycles. The molecular weight excluding hydrogens is 483 g/mol. The predicted octanol–water partition coefficient (Wildman–Crippen LogP) is 7.47. The van der Waals surface area contributed by atoms with E-state index in [4.69, 9.17) is 0 Å². The molecule has 5 aromatic carbocycles. The third-order valence-corrected chi connectivity index (χ3v) is 8.92. The van der Waals surface area contributed by atoms with E-state index >= 15 is 0 Å². The van der Waals surface area contributed by atoms with Gasteiger partial charge in [0.25, 0.3) is 0 Å². The molecule has 0 bridgehead atoms. The minimum Gasteiger partial charge on any atom is -0.0622 e. The monoisotopic (exact) mass is 506 g/mol. The lowest BCUT2D eigenvalue weighted by Gasteiger charge is -2.18. The van der Waals surface area contributed by atoms with Crippen LogP contribution in [0.2, 0.25) is 0 Å². The molecule has 0 aliphatic heterocycles. The molecule has 0 saturated heterocycles. The number of rotatable bonds is 3. The van der Waals surface area contributed by atoms with Gasteiger partial charge in [-0.15, -0.1) is 0 Å². The van der Waals surface area contributed by atoms with Gasteiger partial charge < -0.3 is 0 Å². The summed E-state index contributed by atoms with van der Waals surface area (Å²) in [5.41, 5.74) is 5.63. The number of halogens is 1. The summed E-state index contributed by atoms with van der Waals surface area (Å²) in [6, 6.07) is 47.4. The van der Waals surface area contributed by atoms with Gasteiger partial charge in [-0.1, -0.05) is 143 Å². The topological polar surface area (TPSA) is 0 Å². The summed E-state index contributed by atoms with van der Waals surface area (Å²) >= 11 is 3.62. The first-order valence-corrected chi connectivity index (χ1v) is 13.3. The second kappa shape index (κ2) is 10.3. The lowest BCUT2D eigenvalue weighted by Crippen LogP contribution is -2.20. The van der Waals surface area contributed by atoms with Gasteiger partial charge in [0.2, 0.25) is 0 Å². The molecule has 0 atom stereocenters. The van der Waals surface area contributed by atoms with Crippen molar-refractivity contribution < 1.29 is 0 Å². The van der Waals surface area contributed by atoms with Gasteiger partial charge in [-0.3, -0.25) is 0 Å². The predicted molar refractivity (Wildman–Crippen MR) is 148 cm³/mol. The lowest BCUT2D eigenvalue weighted by atomic mass is 10.1. The average Bonchev–Trinajstić information content (AvgIpc) is 3.27. The first kappa shape index (κ1) is 21.8. The van der Waals surface area contributed by atoms with E-state index in [1.54, 1.807) is 0 Å². The highest BCUT2D eigenvalue weighted by Gasteiger charge is 2.19. The van der Waals surface area contributed by atoms with Crippen LogP contribution in [0.25, 0.3) is 11.1 Å². The van der Waals surface area contributed by atoms with Crippen molar-refractivity contribution in [2.75, 3.05) is 0 Å². The van der Waals surface area contributed by atoms with Crippen molar-refractivity contribution in [1.29, 1.82) is 0 Å². The standard InChI is InChI=1S/C18H15P.C13H9Br/c1-4-10-16(11-5-1)19(17-12-6-2-7-13-17)18-14-8-3-9-15-18;14-12-7-3-5-10-8-9-4-1-2-6-11(9)13(10)12/h1-15H;1-7H,8H2. The highest BCUT2D eigenvalue weighted by Crippen LogP contribution is 2.40. The van der Waals surface area contributed by atoms with E-state index in [1.165, 1.54) is 42.6 Å². The van der Waals surface area contributed by atoms with Gasteiger partial charge in [0.15, 0.2) is 0 Å². The molecule has 160 valence electrons. The fourth-order valence-corrected chi connectivity index (χ4v) is 7.25. The van der Waals surface area contributed by atoms with Crippen molar-refractivity contribution in [3.8, 4) is 11.1 Å². The Labute approximate surface area is 205 Å². The molecule has 1 aliphatic carbocycles. The maximum Gasteiger partial charge on any atom is 0.0256 e. The van der Waals surface area contributed by atoms with Crippen molar-refractivity contribution in [2.24, 2.45) is 0 Å². The Hall–Kier alpha value is -2.99. The molecule has 0 nitrogen and oxygen atoms in total. The van der Waals surface area contributed by atoms with Crippen LogP contribution >= 0.6 is 23.9 Å². The minimum absolute atomic E-state index is 0.446. The van der Waals surface area contributed by atoms with Crippen molar-refractivity contribution in [3.63, 3.8) is 0 Å². The quantitative estimate of drug-likeness (QED) is 0.218. The Morgan fingerprint density at radius 3 is 1.45 bits per heavy atom. The van der Waals surface area contributed by atoms with Gasteiger partial charge in [-0.05, 0) is 58.6 Å². The maximum atomic E-state index is 3.62. The van der Waals surface area contributed by atoms with Gasteiger partial charge in [0.1, 0.15) is 0 Å². The Morgan fingerprint density at radius 1 is 0.455 bits per heavy atom. The van der Waals surface area contributed by atoms with E-state index in [1.807, 2.05) is 0 Å². The molecule has 0 heterocycles. The first-order chi connectivity index (χ1) is 16.3. The summed E-state index contributed by atoms with van der Waals surface area (Å²) in [5.74, 6) is 0. The summed E-state index contributed by atoms with van der Waals surface area (Å²) in [6.07, 6.45) is 1.07. The number of hydrogen-bond acceptors (Lipinski definition) is 0. The van der Waals surface area contributed by atoms with E-state index in [9.17, 15) is 0 Å². The van der Waals surface area contributed by atoms with Crippen LogP contribution in [0.3, 0.4) is 0 Å². The summed E-state index contributed by atoms with van der Waals surface area (Å²) in [7, 11) is -0.446. The van der Waals surface area contributed by atoms with Gasteiger partial charge in [-0.2, -0.15) is 0 Å². The molecule has 0 N–H and O–H groups in total. The molecule has 2 heteroatoms. The number of hydrogen-bond donors (Lipinski definition) is 0. The fraction of sp³-hybridized carbons (Fsp3) is 0.0323. The molecule has 0 radical (unpaired) electrons. The van der Waals surface area contributed by atoms with E-state index in [-0.39, 0.29) is 0 Å². The summed E-state index contributed by atoms with van der Waals surface area (Å²) < 4.78 is 1.21. The van der Waals surface area contributed by atoms with Gasteiger partial charge in [0, 0.05) is 4.47 Å². The summed E-state index contributed by atoms with van der Waals surface area (Å²) in [4.78, 5) is 0. The maximum absolute atomic E-state index is 3.62. The van der Waals surface area contributed by atoms with E-state index in [0.29, 0.717) is 0 Å². The van der Waals surface area contributed by atoms with Crippen LogP contribution in [0, 0.1) is 0 Å². The SMILES string of the molecule is Brc1cccc2c1-c1ccccc1C2.c1ccc(P(c2ccccc2)c2ccccc2)cc1. The van der Waals surface area contributed by atoms with E-state index < -0.39 is 7.92 Å². The van der Waals surface area contributed by atoms with Crippen molar-refractivity contribution in [3.05, 3.63) is 149 Å². The molecule has 0 unspecified atom stereocenters. The largest absolute Gasteiger partial charge is 0.0622 e. The molecule has 33 heavy (non-hydrogen) atoms. The first-order valence-electron chi connectivity index (χ1n) is 11.1. The van der Waals surface area contributed by atoms with Gasteiger partial charge >= 0.3 is 0 Å². The van der Waals surface area contributed by atoms with E-state index in [2.05, 4.69) is 149 Å². The zero-order valence-corrected chi connectivity index (χ0v) is 20.7. The second-order valence-corrected chi connectivity index (χ2v) is 11.0. The second-order valence-electron chi connectivity index (χ2n) is 7.95. The molecule has 5 aromatic rings. The van der Waals surface area contributed by atoms with Crippen LogP contribution in [0.4, 0.5) is 0 Å². The van der Waals surface area contributed by atoms with Crippen LogP contribution in [0.15, 0.2) is 138 Å². The third kappa shape index (κ3) is 4.86.